The van der Waals surface area contributed by atoms with Gasteiger partial charge in [-0.3, -0.25) is 5.10 Å². The lowest BCUT2D eigenvalue weighted by molar-refractivity contribution is -0.126. The van der Waals surface area contributed by atoms with Crippen molar-refractivity contribution in [2.24, 2.45) is 11.3 Å². The van der Waals surface area contributed by atoms with Gasteiger partial charge in [-0.05, 0) is 25.3 Å². The van der Waals surface area contributed by atoms with Gasteiger partial charge in [0.25, 0.3) is 0 Å². The molecule has 2 heterocycles. The number of H-pyrrole nitrogens is 1. The molecular weight excluding hydrogens is 268 g/mol. The Bertz CT molecular complexity index is 510. The molecule has 6 nitrogen and oxygen atoms in total. The number of carbonyl (C=O) groups excluding carboxylic acids is 1. The van der Waals surface area contributed by atoms with E-state index >= 15 is 0 Å². The largest absolute Gasteiger partial charge is 0.377 e. The van der Waals surface area contributed by atoms with Crippen molar-refractivity contribution in [1.29, 1.82) is 0 Å². The second-order valence-corrected chi connectivity index (χ2v) is 6.57. The van der Waals surface area contributed by atoms with Crippen molar-refractivity contribution in [3.63, 3.8) is 0 Å². The summed E-state index contributed by atoms with van der Waals surface area (Å²) in [6.45, 7) is 1.33. The molecule has 1 aromatic rings. The van der Waals surface area contributed by atoms with E-state index in [1.165, 1.54) is 25.7 Å². The zero-order valence-electron chi connectivity index (χ0n) is 12.1. The van der Waals surface area contributed by atoms with E-state index < -0.39 is 0 Å². The van der Waals surface area contributed by atoms with Crippen molar-refractivity contribution in [2.75, 3.05) is 6.61 Å². The Morgan fingerprint density at radius 2 is 2.33 bits per heavy atom. The maximum absolute atomic E-state index is 12.2. The van der Waals surface area contributed by atoms with Crippen LogP contribution in [0.15, 0.2) is 12.3 Å². The number of amides is 2. The molecule has 1 saturated heterocycles. The molecule has 1 aromatic heterocycles. The normalized spacial score (nSPS) is 32.7. The lowest BCUT2D eigenvalue weighted by Crippen LogP contribution is -2.69. The van der Waals surface area contributed by atoms with E-state index in [1.807, 2.05) is 6.07 Å². The molecule has 3 fully saturated rings. The molecule has 21 heavy (non-hydrogen) atoms. The van der Waals surface area contributed by atoms with Gasteiger partial charge in [-0.25, -0.2) is 4.79 Å². The number of fused-ring (bicyclic) bond motifs is 2. The average Bonchev–Trinajstić information content (AvgIpc) is 3.22. The maximum atomic E-state index is 12.2. The number of nitrogens with zero attached hydrogens (tertiary/aromatic N) is 1. The smallest absolute Gasteiger partial charge is 0.315 e. The van der Waals surface area contributed by atoms with E-state index in [0.717, 1.165) is 18.7 Å². The van der Waals surface area contributed by atoms with Crippen LogP contribution in [0.4, 0.5) is 4.79 Å². The molecule has 6 heteroatoms. The van der Waals surface area contributed by atoms with E-state index in [1.54, 1.807) is 6.20 Å². The molecule has 0 aromatic carbocycles. The maximum Gasteiger partial charge on any atom is 0.315 e. The minimum atomic E-state index is -0.0776. The highest BCUT2D eigenvalue weighted by molar-refractivity contribution is 5.74. The van der Waals surface area contributed by atoms with Crippen molar-refractivity contribution in [3.05, 3.63) is 18.0 Å². The van der Waals surface area contributed by atoms with E-state index in [9.17, 15) is 4.79 Å². The van der Waals surface area contributed by atoms with Gasteiger partial charge in [-0.2, -0.15) is 5.10 Å². The number of hydrogen-bond donors (Lipinski definition) is 3. The first-order chi connectivity index (χ1) is 10.3. The third-order valence-corrected chi connectivity index (χ3v) is 5.57. The molecule has 1 spiro atoms. The summed E-state index contributed by atoms with van der Waals surface area (Å²) in [6, 6.07) is 2.07. The number of hydrogen-bond acceptors (Lipinski definition) is 3. The van der Waals surface area contributed by atoms with Crippen molar-refractivity contribution in [1.82, 2.24) is 20.8 Å². The molecule has 114 valence electrons. The van der Waals surface area contributed by atoms with E-state index in [2.05, 4.69) is 20.8 Å². The van der Waals surface area contributed by atoms with Gasteiger partial charge in [0, 0.05) is 30.2 Å². The summed E-state index contributed by atoms with van der Waals surface area (Å²) in [5.74, 6) is 0.515. The topological polar surface area (TPSA) is 79.0 Å². The summed E-state index contributed by atoms with van der Waals surface area (Å²) >= 11 is 0. The number of aromatic nitrogens is 2. The average molecular weight is 290 g/mol. The summed E-state index contributed by atoms with van der Waals surface area (Å²) in [7, 11) is 0. The third kappa shape index (κ3) is 2.04. The van der Waals surface area contributed by atoms with Gasteiger partial charge in [0.05, 0.1) is 18.3 Å². The van der Waals surface area contributed by atoms with Crippen molar-refractivity contribution >= 4 is 6.03 Å². The van der Waals surface area contributed by atoms with Gasteiger partial charge in [0.1, 0.15) is 0 Å². The lowest BCUT2D eigenvalue weighted by atomic mass is 9.54. The van der Waals surface area contributed by atoms with E-state index in [0.29, 0.717) is 18.6 Å². The molecule has 3 atom stereocenters. The molecular formula is C15H22N4O2. The van der Waals surface area contributed by atoms with Crippen molar-refractivity contribution < 1.29 is 9.53 Å². The van der Waals surface area contributed by atoms with E-state index in [-0.39, 0.29) is 17.5 Å². The first-order valence-corrected chi connectivity index (χ1v) is 7.94. The second-order valence-electron chi connectivity index (χ2n) is 6.57. The molecule has 4 rings (SSSR count). The second kappa shape index (κ2) is 5.02. The predicted molar refractivity (Wildman–Crippen MR) is 76.5 cm³/mol. The molecule has 2 saturated carbocycles. The number of carbonyl (C=O) groups is 1. The molecule has 3 N–H and O–H groups in total. The Morgan fingerprint density at radius 1 is 1.48 bits per heavy atom. The molecule has 2 aliphatic carbocycles. The highest BCUT2D eigenvalue weighted by Gasteiger charge is 2.65. The first kappa shape index (κ1) is 13.1. The lowest BCUT2D eigenvalue weighted by Gasteiger charge is -2.56. The van der Waals surface area contributed by atoms with E-state index in [4.69, 9.17) is 4.74 Å². The minimum absolute atomic E-state index is 0.0776. The summed E-state index contributed by atoms with van der Waals surface area (Å²) in [4.78, 5) is 12.2. The zero-order chi connectivity index (χ0) is 14.3. The molecule has 0 unspecified atom stereocenters. The van der Waals surface area contributed by atoms with Crippen LogP contribution < -0.4 is 10.6 Å². The molecule has 2 amide bonds. The van der Waals surface area contributed by atoms with Gasteiger partial charge in [0.2, 0.25) is 0 Å². The quantitative estimate of drug-likeness (QED) is 0.790. The number of rotatable bonds is 3. The van der Waals surface area contributed by atoms with Gasteiger partial charge >= 0.3 is 6.03 Å². The number of aromatic amines is 1. The highest BCUT2D eigenvalue weighted by Crippen LogP contribution is 2.60. The summed E-state index contributed by atoms with van der Waals surface area (Å²) < 4.78 is 5.94. The standard InChI is InChI=1S/C15H22N4O2/c20-14(16-9-10-3-7-17-19-10)18-12-11-4-8-21-13(11)15(12)5-1-2-6-15/h3,7,11-13H,1-2,4-6,8-9H2,(H,17,19)(H2,16,18,20)/t11-,12+,13-/m0/s1. The molecule has 0 bridgehead atoms. The summed E-state index contributed by atoms with van der Waals surface area (Å²) in [6.07, 6.45) is 8.07. The first-order valence-electron chi connectivity index (χ1n) is 7.94. The summed E-state index contributed by atoms with van der Waals surface area (Å²) in [5.41, 5.74) is 1.13. The van der Waals surface area contributed by atoms with Crippen LogP contribution in [0.1, 0.15) is 37.8 Å². The van der Waals surface area contributed by atoms with Crippen LogP contribution in [0.5, 0.6) is 0 Å². The van der Waals surface area contributed by atoms with Crippen LogP contribution in [0.2, 0.25) is 0 Å². The van der Waals surface area contributed by atoms with Gasteiger partial charge in [-0.15, -0.1) is 0 Å². The Labute approximate surface area is 124 Å². The van der Waals surface area contributed by atoms with Crippen LogP contribution >= 0.6 is 0 Å². The molecule has 3 aliphatic rings. The Hall–Kier alpha value is -1.56. The fraction of sp³-hybridized carbons (Fsp3) is 0.733. The van der Waals surface area contributed by atoms with Crippen LogP contribution in [-0.2, 0) is 11.3 Å². The Morgan fingerprint density at radius 3 is 3.10 bits per heavy atom. The Balaban J connectivity index is 1.38. The minimum Gasteiger partial charge on any atom is -0.377 e. The number of ether oxygens (including phenoxy) is 1. The van der Waals surface area contributed by atoms with Crippen LogP contribution in [-0.4, -0.2) is 35.0 Å². The third-order valence-electron chi connectivity index (χ3n) is 5.57. The van der Waals surface area contributed by atoms with Crippen molar-refractivity contribution in [3.8, 4) is 0 Å². The van der Waals surface area contributed by atoms with Gasteiger partial charge in [0.15, 0.2) is 0 Å². The SMILES string of the molecule is O=C(NCc1ccn[nH]1)N[C@@H]1[C@@H]2CCO[C@@H]2C12CCCC2. The fourth-order valence-electron chi connectivity index (χ4n) is 4.66. The van der Waals surface area contributed by atoms with Crippen LogP contribution in [0.25, 0.3) is 0 Å². The fourth-order valence-corrected chi connectivity index (χ4v) is 4.66. The monoisotopic (exact) mass is 290 g/mol. The predicted octanol–water partition coefficient (Wildman–Crippen LogP) is 1.56. The van der Waals surface area contributed by atoms with Gasteiger partial charge in [-0.1, -0.05) is 12.8 Å². The highest BCUT2D eigenvalue weighted by atomic mass is 16.5. The van der Waals surface area contributed by atoms with Gasteiger partial charge < -0.3 is 15.4 Å². The van der Waals surface area contributed by atoms with Crippen LogP contribution in [0.3, 0.4) is 0 Å². The zero-order valence-corrected chi connectivity index (χ0v) is 12.1. The van der Waals surface area contributed by atoms with Crippen molar-refractivity contribution in [2.45, 2.75) is 50.8 Å². The number of urea groups is 1. The molecule has 0 radical (unpaired) electrons. The number of nitrogens with one attached hydrogen (secondary N) is 3. The molecule has 1 aliphatic heterocycles. The summed E-state index contributed by atoms with van der Waals surface area (Å²) in [5, 5.41) is 12.9. The van der Waals surface area contributed by atoms with Crippen LogP contribution in [0, 0.1) is 11.3 Å². The Kier molecular flexibility index (Phi) is 3.14.